The van der Waals surface area contributed by atoms with E-state index < -0.39 is 0 Å². The van der Waals surface area contributed by atoms with Crippen molar-refractivity contribution in [2.24, 2.45) is 5.92 Å². The Morgan fingerprint density at radius 3 is 2.71 bits per heavy atom. The number of anilines is 1. The molecule has 5 heteroatoms. The predicted octanol–water partition coefficient (Wildman–Crippen LogP) is 3.06. The molecule has 5 rings (SSSR count). The van der Waals surface area contributed by atoms with Crippen LogP contribution in [0.15, 0.2) is 48.8 Å². The Morgan fingerprint density at radius 2 is 1.96 bits per heavy atom. The summed E-state index contributed by atoms with van der Waals surface area (Å²) in [6.07, 6.45) is 8.57. The Kier molecular flexibility index (Phi) is 4.65. The van der Waals surface area contributed by atoms with Crippen LogP contribution in [-0.2, 0) is 0 Å². The van der Waals surface area contributed by atoms with Gasteiger partial charge in [0.2, 0.25) is 0 Å². The second-order valence-electron chi connectivity index (χ2n) is 8.41. The van der Waals surface area contributed by atoms with E-state index in [2.05, 4.69) is 16.0 Å². The van der Waals surface area contributed by atoms with Crippen molar-refractivity contribution >= 4 is 11.6 Å². The molecule has 1 amide bonds. The highest BCUT2D eigenvalue weighted by Crippen LogP contribution is 2.49. The molecule has 2 fully saturated rings. The summed E-state index contributed by atoms with van der Waals surface area (Å²) in [5.74, 6) is 1.04. The molecule has 28 heavy (non-hydrogen) atoms. The molecule has 0 radical (unpaired) electrons. The highest BCUT2D eigenvalue weighted by molar-refractivity contribution is 6.06. The summed E-state index contributed by atoms with van der Waals surface area (Å²) in [5.41, 5.74) is 2.80. The number of carbonyl (C=O) groups excluding carboxylic acids is 1. The summed E-state index contributed by atoms with van der Waals surface area (Å²) in [5, 5.41) is 10.1. The highest BCUT2D eigenvalue weighted by Gasteiger charge is 2.53. The Labute approximate surface area is 166 Å². The van der Waals surface area contributed by atoms with Gasteiger partial charge in [0, 0.05) is 49.2 Å². The quantitative estimate of drug-likeness (QED) is 0.890. The van der Waals surface area contributed by atoms with Gasteiger partial charge in [-0.15, -0.1) is 0 Å². The third-order valence-electron chi connectivity index (χ3n) is 6.92. The molecule has 2 aliphatic heterocycles. The molecule has 3 atom stereocenters. The third kappa shape index (κ3) is 2.85. The second kappa shape index (κ2) is 7.30. The van der Waals surface area contributed by atoms with Crippen molar-refractivity contribution in [3.8, 4) is 0 Å². The van der Waals surface area contributed by atoms with Gasteiger partial charge in [0.05, 0.1) is 12.2 Å². The first-order valence-electron chi connectivity index (χ1n) is 10.5. The fraction of sp³-hybridized carbons (Fsp3) is 0.478. The van der Waals surface area contributed by atoms with Crippen molar-refractivity contribution in [3.05, 3.63) is 59.9 Å². The first-order chi connectivity index (χ1) is 13.8. The molecule has 0 spiro atoms. The second-order valence-corrected chi connectivity index (χ2v) is 8.41. The molecule has 1 aliphatic carbocycles. The van der Waals surface area contributed by atoms with Crippen LogP contribution < -0.4 is 4.90 Å². The summed E-state index contributed by atoms with van der Waals surface area (Å²) in [6.45, 7) is 1.90. The number of aromatic nitrogens is 1. The van der Waals surface area contributed by atoms with E-state index in [4.69, 9.17) is 0 Å². The van der Waals surface area contributed by atoms with Gasteiger partial charge in [-0.1, -0.05) is 31.0 Å². The van der Waals surface area contributed by atoms with E-state index in [0.29, 0.717) is 18.0 Å². The zero-order chi connectivity index (χ0) is 19.1. The van der Waals surface area contributed by atoms with Crippen LogP contribution in [0, 0.1) is 5.92 Å². The van der Waals surface area contributed by atoms with Gasteiger partial charge in [-0.25, -0.2) is 0 Å². The number of aliphatic hydroxyl groups is 1. The van der Waals surface area contributed by atoms with Crippen LogP contribution in [0.25, 0.3) is 0 Å². The molecule has 3 heterocycles. The Hall–Kier alpha value is -2.24. The van der Waals surface area contributed by atoms with Gasteiger partial charge in [0.15, 0.2) is 0 Å². The van der Waals surface area contributed by atoms with Gasteiger partial charge in [0.1, 0.15) is 0 Å². The Balaban J connectivity index is 1.47. The standard InChI is InChI=1S/C23H27N3O2/c27-15-21-22-18-9-3-4-10-19(18)26(23(28)17-8-5-11-24-12-17)14-20(22)25(21)13-16-6-1-2-7-16/h3-5,8-12,16,20-22,27H,1-2,6-7,13-15H2/t20-,21+,22+/m0/s1. The number of pyridine rings is 1. The minimum absolute atomic E-state index is 0.00673. The molecular formula is C23H27N3O2. The maximum absolute atomic E-state index is 13.3. The van der Waals surface area contributed by atoms with E-state index in [9.17, 15) is 9.90 Å². The van der Waals surface area contributed by atoms with Crippen LogP contribution in [0.5, 0.6) is 0 Å². The van der Waals surface area contributed by atoms with E-state index in [1.54, 1.807) is 12.4 Å². The van der Waals surface area contributed by atoms with Crippen molar-refractivity contribution in [2.75, 3.05) is 24.6 Å². The van der Waals surface area contributed by atoms with Gasteiger partial charge in [-0.2, -0.15) is 0 Å². The first kappa shape index (κ1) is 17.8. The molecule has 1 saturated carbocycles. The summed E-state index contributed by atoms with van der Waals surface area (Å²) < 4.78 is 0. The summed E-state index contributed by atoms with van der Waals surface area (Å²) in [6, 6.07) is 12.3. The SMILES string of the molecule is O=C(c1cccnc1)N1C[C@H]2[C@@H](c3ccccc31)[C@@H](CO)N2CC1CCCC1. The average molecular weight is 377 g/mol. The molecule has 0 unspecified atom stereocenters. The Morgan fingerprint density at radius 1 is 1.14 bits per heavy atom. The van der Waals surface area contributed by atoms with E-state index in [0.717, 1.165) is 18.2 Å². The number of likely N-dealkylation sites (tertiary alicyclic amines) is 1. The molecule has 146 valence electrons. The monoisotopic (exact) mass is 377 g/mol. The number of aliphatic hydroxyl groups excluding tert-OH is 1. The lowest BCUT2D eigenvalue weighted by atomic mass is 9.71. The van der Waals surface area contributed by atoms with Crippen LogP contribution in [0.1, 0.15) is 47.5 Å². The molecule has 1 saturated heterocycles. The largest absolute Gasteiger partial charge is 0.395 e. The number of hydrogen-bond acceptors (Lipinski definition) is 4. The van der Waals surface area contributed by atoms with Crippen LogP contribution in [0.2, 0.25) is 0 Å². The fourth-order valence-electron chi connectivity index (χ4n) is 5.56. The smallest absolute Gasteiger partial charge is 0.259 e. The fourth-order valence-corrected chi connectivity index (χ4v) is 5.56. The number of hydrogen-bond donors (Lipinski definition) is 1. The lowest BCUT2D eigenvalue weighted by Crippen LogP contribution is -2.69. The number of nitrogens with zero attached hydrogens (tertiary/aromatic N) is 3. The van der Waals surface area contributed by atoms with Gasteiger partial charge in [-0.05, 0) is 42.5 Å². The van der Waals surface area contributed by atoms with E-state index in [1.807, 2.05) is 35.2 Å². The van der Waals surface area contributed by atoms with Crippen LogP contribution in [-0.4, -0.2) is 52.7 Å². The zero-order valence-electron chi connectivity index (χ0n) is 16.1. The minimum atomic E-state index is 0.00673. The summed E-state index contributed by atoms with van der Waals surface area (Å²) in [7, 11) is 0. The van der Waals surface area contributed by atoms with Gasteiger partial charge in [-0.3, -0.25) is 14.7 Å². The molecular weight excluding hydrogens is 350 g/mol. The number of carbonyl (C=O) groups is 1. The summed E-state index contributed by atoms with van der Waals surface area (Å²) in [4.78, 5) is 21.8. The molecule has 2 aromatic rings. The minimum Gasteiger partial charge on any atom is -0.395 e. The van der Waals surface area contributed by atoms with Gasteiger partial charge < -0.3 is 10.0 Å². The molecule has 1 aromatic carbocycles. The predicted molar refractivity (Wildman–Crippen MR) is 108 cm³/mol. The average Bonchev–Trinajstić information content (AvgIpc) is 3.25. The van der Waals surface area contributed by atoms with Gasteiger partial charge in [0.25, 0.3) is 5.91 Å². The number of benzene rings is 1. The van der Waals surface area contributed by atoms with Crippen molar-refractivity contribution in [3.63, 3.8) is 0 Å². The Bertz CT molecular complexity index is 850. The number of amides is 1. The number of para-hydroxylation sites is 1. The van der Waals surface area contributed by atoms with E-state index in [1.165, 1.54) is 31.2 Å². The number of fused-ring (bicyclic) bond motifs is 3. The van der Waals surface area contributed by atoms with Crippen LogP contribution in [0.4, 0.5) is 5.69 Å². The lowest BCUT2D eigenvalue weighted by molar-refractivity contribution is -0.0513. The zero-order valence-corrected chi connectivity index (χ0v) is 16.1. The molecule has 1 aromatic heterocycles. The highest BCUT2D eigenvalue weighted by atomic mass is 16.3. The van der Waals surface area contributed by atoms with E-state index in [-0.39, 0.29) is 24.6 Å². The normalized spacial score (nSPS) is 27.2. The van der Waals surface area contributed by atoms with Crippen molar-refractivity contribution < 1.29 is 9.90 Å². The molecule has 3 aliphatic rings. The topological polar surface area (TPSA) is 56.7 Å². The third-order valence-corrected chi connectivity index (χ3v) is 6.92. The molecule has 0 bridgehead atoms. The van der Waals surface area contributed by atoms with Crippen molar-refractivity contribution in [1.29, 1.82) is 0 Å². The first-order valence-corrected chi connectivity index (χ1v) is 10.5. The summed E-state index contributed by atoms with van der Waals surface area (Å²) >= 11 is 0. The molecule has 5 nitrogen and oxygen atoms in total. The van der Waals surface area contributed by atoms with Gasteiger partial charge >= 0.3 is 0 Å². The number of rotatable bonds is 4. The van der Waals surface area contributed by atoms with E-state index >= 15 is 0 Å². The lowest BCUT2D eigenvalue weighted by Gasteiger charge is -2.59. The van der Waals surface area contributed by atoms with Crippen LogP contribution >= 0.6 is 0 Å². The maximum Gasteiger partial charge on any atom is 0.259 e. The molecule has 1 N–H and O–H groups in total. The maximum atomic E-state index is 13.3. The van der Waals surface area contributed by atoms with Crippen LogP contribution in [0.3, 0.4) is 0 Å². The van der Waals surface area contributed by atoms with Crippen molar-refractivity contribution in [2.45, 2.75) is 43.7 Å². The van der Waals surface area contributed by atoms with Crippen molar-refractivity contribution in [1.82, 2.24) is 9.88 Å².